The molecule has 1 amide bonds. The molecule has 0 radical (unpaired) electrons. The Labute approximate surface area is 240 Å². The number of amides is 1. The van der Waals surface area contributed by atoms with Crippen molar-refractivity contribution in [2.24, 2.45) is 11.8 Å². The number of rotatable bonds is 12. The van der Waals surface area contributed by atoms with Gasteiger partial charge in [0, 0.05) is 24.0 Å². The second kappa shape index (κ2) is 13.6. The lowest BCUT2D eigenvalue weighted by Gasteiger charge is -2.35. The third kappa shape index (κ3) is 7.39. The Kier molecular flexibility index (Phi) is 9.91. The Hall–Kier alpha value is -4.01. The van der Waals surface area contributed by atoms with E-state index in [2.05, 4.69) is 10.2 Å². The first-order valence-corrected chi connectivity index (χ1v) is 13.9. The standard InChI is InChI=1S/C33H37FN2O5/c1-21(2)31-30(33(41)35-25-11-7-4-8-12-25)29(22-9-5-3-6-10-22)32(23-13-15-24(34)16-14-23)36(31)18-17-26(37)19-27(38)20-28(39)40/h3-16,21,26-27,30-31,37-38H,17-20H2,1-2H3,(H,35,41)(H,39,40)/t26-,27+,30-,31+/m0/s1. The molecule has 0 fully saturated rings. The topological polar surface area (TPSA) is 110 Å². The highest BCUT2D eigenvalue weighted by atomic mass is 19.1. The van der Waals surface area contributed by atoms with E-state index in [9.17, 15) is 24.2 Å². The molecule has 0 spiro atoms. The summed E-state index contributed by atoms with van der Waals surface area (Å²) in [5.74, 6) is -2.26. The SMILES string of the molecule is CC(C)[C@@H]1[C@@H](C(=O)Nc2ccccc2)C(c2ccccc2)=C(c2ccc(F)cc2)N1CC[C@H](O)C[C@@H](O)CC(=O)O. The van der Waals surface area contributed by atoms with Gasteiger partial charge in [-0.3, -0.25) is 9.59 Å². The van der Waals surface area contributed by atoms with Crippen LogP contribution in [0, 0.1) is 17.7 Å². The molecule has 4 atom stereocenters. The normalized spacial score (nSPS) is 18.4. The Balaban J connectivity index is 1.79. The van der Waals surface area contributed by atoms with Crippen LogP contribution in [0.4, 0.5) is 10.1 Å². The third-order valence-electron chi connectivity index (χ3n) is 7.42. The van der Waals surface area contributed by atoms with Crippen LogP contribution in [-0.2, 0) is 9.59 Å². The number of anilines is 1. The lowest BCUT2D eigenvalue weighted by Crippen LogP contribution is -2.43. The van der Waals surface area contributed by atoms with Gasteiger partial charge in [-0.25, -0.2) is 4.39 Å². The number of benzene rings is 3. The molecule has 0 unspecified atom stereocenters. The van der Waals surface area contributed by atoms with E-state index in [0.717, 1.165) is 22.4 Å². The van der Waals surface area contributed by atoms with Crippen LogP contribution in [0.3, 0.4) is 0 Å². The van der Waals surface area contributed by atoms with E-state index in [1.165, 1.54) is 12.1 Å². The fourth-order valence-corrected chi connectivity index (χ4v) is 5.70. The number of nitrogens with one attached hydrogen (secondary N) is 1. The fourth-order valence-electron chi connectivity index (χ4n) is 5.70. The number of halogens is 1. The quantitative estimate of drug-likeness (QED) is 0.240. The molecule has 41 heavy (non-hydrogen) atoms. The first kappa shape index (κ1) is 30.0. The van der Waals surface area contributed by atoms with Crippen LogP contribution in [0.25, 0.3) is 11.3 Å². The van der Waals surface area contributed by atoms with Gasteiger partial charge in [0.25, 0.3) is 0 Å². The Morgan fingerprint density at radius 1 is 0.878 bits per heavy atom. The summed E-state index contributed by atoms with van der Waals surface area (Å²) in [5.41, 5.74) is 3.88. The second-order valence-electron chi connectivity index (χ2n) is 10.8. The summed E-state index contributed by atoms with van der Waals surface area (Å²) in [6.45, 7) is 4.43. The molecule has 216 valence electrons. The van der Waals surface area contributed by atoms with Crippen LogP contribution in [0.15, 0.2) is 84.9 Å². The minimum absolute atomic E-state index is 0.00734. The molecule has 4 N–H and O–H groups in total. The van der Waals surface area contributed by atoms with Crippen molar-refractivity contribution in [1.29, 1.82) is 0 Å². The number of carbonyl (C=O) groups excluding carboxylic acids is 1. The van der Waals surface area contributed by atoms with E-state index in [4.69, 9.17) is 5.11 Å². The van der Waals surface area contributed by atoms with Gasteiger partial charge in [-0.2, -0.15) is 0 Å². The summed E-state index contributed by atoms with van der Waals surface area (Å²) in [4.78, 5) is 27.2. The smallest absolute Gasteiger partial charge is 0.305 e. The summed E-state index contributed by atoms with van der Waals surface area (Å²) in [6.07, 6.45) is -2.41. The largest absolute Gasteiger partial charge is 0.481 e. The Morgan fingerprint density at radius 3 is 2.07 bits per heavy atom. The molecule has 3 aromatic rings. The molecule has 0 bridgehead atoms. The van der Waals surface area contributed by atoms with Gasteiger partial charge >= 0.3 is 5.97 Å². The molecule has 4 rings (SSSR count). The number of hydrogen-bond acceptors (Lipinski definition) is 5. The van der Waals surface area contributed by atoms with Crippen molar-refractivity contribution in [3.8, 4) is 0 Å². The van der Waals surface area contributed by atoms with E-state index >= 15 is 0 Å². The van der Waals surface area contributed by atoms with E-state index in [1.54, 1.807) is 12.1 Å². The fraction of sp³-hybridized carbons (Fsp3) is 0.333. The van der Waals surface area contributed by atoms with Gasteiger partial charge in [0.1, 0.15) is 5.82 Å². The molecule has 1 aliphatic heterocycles. The number of aliphatic hydroxyl groups is 2. The maximum Gasteiger partial charge on any atom is 0.305 e. The molecule has 1 heterocycles. The number of aliphatic hydroxyl groups excluding tert-OH is 2. The van der Waals surface area contributed by atoms with Crippen molar-refractivity contribution in [1.82, 2.24) is 4.90 Å². The highest BCUT2D eigenvalue weighted by molar-refractivity contribution is 6.08. The third-order valence-corrected chi connectivity index (χ3v) is 7.42. The lowest BCUT2D eigenvalue weighted by molar-refractivity contribution is -0.139. The van der Waals surface area contributed by atoms with Crippen molar-refractivity contribution in [2.45, 2.75) is 51.4 Å². The number of carboxylic acids is 1. The number of para-hydroxylation sites is 1. The molecule has 0 saturated carbocycles. The van der Waals surface area contributed by atoms with Gasteiger partial charge in [0.15, 0.2) is 0 Å². The van der Waals surface area contributed by atoms with E-state index in [-0.39, 0.29) is 36.5 Å². The number of aliphatic carboxylic acids is 1. The molecular formula is C33H37FN2O5. The number of nitrogens with zero attached hydrogens (tertiary/aromatic N) is 1. The molecule has 8 heteroatoms. The number of hydrogen-bond donors (Lipinski definition) is 4. The second-order valence-corrected chi connectivity index (χ2v) is 10.8. The molecule has 0 saturated heterocycles. The van der Waals surface area contributed by atoms with Crippen LogP contribution >= 0.6 is 0 Å². The number of carbonyl (C=O) groups is 2. The van der Waals surface area contributed by atoms with E-state index in [0.29, 0.717) is 12.2 Å². The molecule has 0 aliphatic carbocycles. The first-order chi connectivity index (χ1) is 19.7. The molecule has 0 aromatic heterocycles. The predicted molar refractivity (Wildman–Crippen MR) is 157 cm³/mol. The van der Waals surface area contributed by atoms with E-state index in [1.807, 2.05) is 74.5 Å². The van der Waals surface area contributed by atoms with Crippen LogP contribution in [-0.4, -0.2) is 56.9 Å². The maximum atomic E-state index is 14.1. The minimum Gasteiger partial charge on any atom is -0.481 e. The average Bonchev–Trinajstić information content (AvgIpc) is 3.28. The van der Waals surface area contributed by atoms with E-state index < -0.39 is 30.5 Å². The van der Waals surface area contributed by atoms with Crippen LogP contribution in [0.5, 0.6) is 0 Å². The highest BCUT2D eigenvalue weighted by Gasteiger charge is 2.46. The zero-order valence-electron chi connectivity index (χ0n) is 23.3. The van der Waals surface area contributed by atoms with Crippen molar-refractivity contribution in [3.63, 3.8) is 0 Å². The van der Waals surface area contributed by atoms with Gasteiger partial charge in [0.05, 0.1) is 24.5 Å². The monoisotopic (exact) mass is 560 g/mol. The number of carboxylic acid groups (broad SMARTS) is 1. The van der Waals surface area contributed by atoms with Gasteiger partial charge in [-0.1, -0.05) is 62.4 Å². The molecular weight excluding hydrogens is 523 g/mol. The zero-order valence-corrected chi connectivity index (χ0v) is 23.3. The summed E-state index contributed by atoms with van der Waals surface area (Å²) >= 11 is 0. The molecule has 7 nitrogen and oxygen atoms in total. The Bertz CT molecular complexity index is 1350. The molecule has 3 aromatic carbocycles. The van der Waals surface area contributed by atoms with Gasteiger partial charge in [-0.05, 0) is 71.9 Å². The summed E-state index contributed by atoms with van der Waals surface area (Å²) < 4.78 is 14.0. The minimum atomic E-state index is -1.17. The van der Waals surface area contributed by atoms with Gasteiger partial charge < -0.3 is 25.5 Å². The van der Waals surface area contributed by atoms with Crippen LogP contribution in [0.1, 0.15) is 44.2 Å². The summed E-state index contributed by atoms with van der Waals surface area (Å²) in [6, 6.07) is 24.8. The van der Waals surface area contributed by atoms with Crippen molar-refractivity contribution in [3.05, 3.63) is 102 Å². The van der Waals surface area contributed by atoms with Crippen molar-refractivity contribution in [2.75, 3.05) is 11.9 Å². The lowest BCUT2D eigenvalue weighted by atomic mass is 9.83. The zero-order chi connectivity index (χ0) is 29.5. The summed E-state index contributed by atoms with van der Waals surface area (Å²) in [7, 11) is 0. The maximum absolute atomic E-state index is 14.1. The Morgan fingerprint density at radius 2 is 1.49 bits per heavy atom. The van der Waals surface area contributed by atoms with Crippen LogP contribution in [0.2, 0.25) is 0 Å². The predicted octanol–water partition coefficient (Wildman–Crippen LogP) is 5.27. The van der Waals surface area contributed by atoms with Gasteiger partial charge in [-0.15, -0.1) is 0 Å². The molecule has 1 aliphatic rings. The summed E-state index contributed by atoms with van der Waals surface area (Å²) in [5, 5.41) is 32.9. The van der Waals surface area contributed by atoms with Crippen molar-refractivity contribution < 1.29 is 29.3 Å². The first-order valence-electron chi connectivity index (χ1n) is 13.9. The highest BCUT2D eigenvalue weighted by Crippen LogP contribution is 2.48. The average molecular weight is 561 g/mol. The van der Waals surface area contributed by atoms with Gasteiger partial charge in [0.2, 0.25) is 5.91 Å². The van der Waals surface area contributed by atoms with Crippen LogP contribution < -0.4 is 5.32 Å². The van der Waals surface area contributed by atoms with Crippen molar-refractivity contribution >= 4 is 28.8 Å².